The summed E-state index contributed by atoms with van der Waals surface area (Å²) in [6, 6.07) is 0. The van der Waals surface area contributed by atoms with Crippen molar-refractivity contribution in [2.24, 2.45) is 5.92 Å². The van der Waals surface area contributed by atoms with Gasteiger partial charge in [0, 0.05) is 0 Å². The van der Waals surface area contributed by atoms with Crippen LogP contribution in [0.4, 0.5) is 5.82 Å². The number of carbonyl (C=O) groups is 1. The van der Waals surface area contributed by atoms with Gasteiger partial charge in [0.1, 0.15) is 5.82 Å². The Bertz CT molecular complexity index is 350. The first-order valence-corrected chi connectivity index (χ1v) is 4.35. The van der Waals surface area contributed by atoms with E-state index in [1.165, 1.54) is 6.20 Å². The minimum atomic E-state index is -1.08. The summed E-state index contributed by atoms with van der Waals surface area (Å²) < 4.78 is 0. The number of nitrogens with two attached hydrogens (primary N) is 1. The predicted octanol–water partition coefficient (Wildman–Crippen LogP) is 0.956. The smallest absolute Gasteiger partial charge is 0.356 e. The van der Waals surface area contributed by atoms with Crippen molar-refractivity contribution >= 4 is 11.8 Å². The lowest BCUT2D eigenvalue weighted by atomic mass is 10.1. The fourth-order valence-corrected chi connectivity index (χ4v) is 1.08. The van der Waals surface area contributed by atoms with E-state index in [4.69, 9.17) is 10.8 Å². The standard InChI is InChI=1S/C9H13N3O2/c1-5(2)3-6-8(10)11-4-7(12-6)9(13)14/h4-5H,3H2,1-2H3,(H2,10,11)(H,13,14). The molecule has 0 amide bonds. The second-order valence-corrected chi connectivity index (χ2v) is 3.49. The highest BCUT2D eigenvalue weighted by Crippen LogP contribution is 2.11. The van der Waals surface area contributed by atoms with Crippen LogP contribution in [0.2, 0.25) is 0 Å². The van der Waals surface area contributed by atoms with Gasteiger partial charge >= 0.3 is 5.97 Å². The Morgan fingerprint density at radius 3 is 2.79 bits per heavy atom. The van der Waals surface area contributed by atoms with Gasteiger partial charge in [0.15, 0.2) is 5.69 Å². The van der Waals surface area contributed by atoms with Crippen LogP contribution in [0.3, 0.4) is 0 Å². The molecule has 3 N–H and O–H groups in total. The third-order valence-corrected chi connectivity index (χ3v) is 1.70. The summed E-state index contributed by atoms with van der Waals surface area (Å²) in [6.07, 6.45) is 1.81. The maximum atomic E-state index is 10.6. The quantitative estimate of drug-likeness (QED) is 0.749. The third-order valence-electron chi connectivity index (χ3n) is 1.70. The number of aromatic carboxylic acids is 1. The fourth-order valence-electron chi connectivity index (χ4n) is 1.08. The lowest BCUT2D eigenvalue weighted by Gasteiger charge is -2.06. The van der Waals surface area contributed by atoms with E-state index in [2.05, 4.69) is 9.97 Å². The monoisotopic (exact) mass is 195 g/mol. The molecule has 0 unspecified atom stereocenters. The molecule has 0 fully saturated rings. The minimum Gasteiger partial charge on any atom is -0.476 e. The van der Waals surface area contributed by atoms with E-state index in [9.17, 15) is 4.79 Å². The molecular weight excluding hydrogens is 182 g/mol. The number of hydrogen-bond acceptors (Lipinski definition) is 4. The van der Waals surface area contributed by atoms with Gasteiger partial charge in [-0.15, -0.1) is 0 Å². The van der Waals surface area contributed by atoms with Crippen molar-refractivity contribution in [3.8, 4) is 0 Å². The van der Waals surface area contributed by atoms with Crippen molar-refractivity contribution in [2.75, 3.05) is 5.73 Å². The van der Waals surface area contributed by atoms with E-state index in [0.717, 1.165) is 0 Å². The molecule has 0 radical (unpaired) electrons. The zero-order valence-corrected chi connectivity index (χ0v) is 8.19. The molecule has 1 aromatic rings. The Kier molecular flexibility index (Phi) is 3.01. The molecule has 0 aliphatic rings. The van der Waals surface area contributed by atoms with Gasteiger partial charge < -0.3 is 10.8 Å². The molecule has 14 heavy (non-hydrogen) atoms. The van der Waals surface area contributed by atoms with Crippen LogP contribution >= 0.6 is 0 Å². The van der Waals surface area contributed by atoms with Gasteiger partial charge in [-0.1, -0.05) is 13.8 Å². The summed E-state index contributed by atoms with van der Waals surface area (Å²) >= 11 is 0. The topological polar surface area (TPSA) is 89.1 Å². The molecular formula is C9H13N3O2. The first kappa shape index (κ1) is 10.4. The zero-order chi connectivity index (χ0) is 10.7. The van der Waals surface area contributed by atoms with E-state index in [0.29, 0.717) is 23.9 Å². The molecule has 0 spiro atoms. The fraction of sp³-hybridized carbons (Fsp3) is 0.444. The van der Waals surface area contributed by atoms with Crippen molar-refractivity contribution < 1.29 is 9.90 Å². The third kappa shape index (κ3) is 2.42. The molecule has 0 saturated heterocycles. The second kappa shape index (κ2) is 4.04. The van der Waals surface area contributed by atoms with E-state index in [1.807, 2.05) is 13.8 Å². The maximum Gasteiger partial charge on any atom is 0.356 e. The highest BCUT2D eigenvalue weighted by molar-refractivity contribution is 5.85. The van der Waals surface area contributed by atoms with Crippen LogP contribution in [-0.4, -0.2) is 21.0 Å². The number of aromatic nitrogens is 2. The molecule has 5 heteroatoms. The molecule has 0 saturated carbocycles. The van der Waals surface area contributed by atoms with Crippen LogP contribution < -0.4 is 5.73 Å². The minimum absolute atomic E-state index is 0.0603. The Morgan fingerprint density at radius 1 is 1.64 bits per heavy atom. The number of rotatable bonds is 3. The van der Waals surface area contributed by atoms with E-state index < -0.39 is 5.97 Å². The molecule has 5 nitrogen and oxygen atoms in total. The van der Waals surface area contributed by atoms with Crippen LogP contribution in [0.15, 0.2) is 6.20 Å². The molecule has 0 aliphatic carbocycles. The van der Waals surface area contributed by atoms with Gasteiger partial charge in [-0.25, -0.2) is 14.8 Å². The highest BCUT2D eigenvalue weighted by Gasteiger charge is 2.10. The molecule has 0 aliphatic heterocycles. The summed E-state index contributed by atoms with van der Waals surface area (Å²) in [7, 11) is 0. The largest absolute Gasteiger partial charge is 0.476 e. The zero-order valence-electron chi connectivity index (χ0n) is 8.19. The van der Waals surface area contributed by atoms with Crippen LogP contribution in [0, 0.1) is 5.92 Å². The van der Waals surface area contributed by atoms with Gasteiger partial charge in [0.25, 0.3) is 0 Å². The van der Waals surface area contributed by atoms with E-state index in [1.54, 1.807) is 0 Å². The molecule has 0 aromatic carbocycles. The SMILES string of the molecule is CC(C)Cc1nc(C(=O)O)cnc1N. The molecule has 0 atom stereocenters. The average molecular weight is 195 g/mol. The van der Waals surface area contributed by atoms with Crippen LogP contribution in [-0.2, 0) is 6.42 Å². The van der Waals surface area contributed by atoms with Gasteiger partial charge in [-0.2, -0.15) is 0 Å². The first-order valence-electron chi connectivity index (χ1n) is 4.35. The number of carboxylic acid groups (broad SMARTS) is 1. The van der Waals surface area contributed by atoms with Gasteiger partial charge in [-0.05, 0) is 12.3 Å². The Balaban J connectivity index is 3.02. The molecule has 1 rings (SSSR count). The number of anilines is 1. The van der Waals surface area contributed by atoms with E-state index in [-0.39, 0.29) is 5.69 Å². The van der Waals surface area contributed by atoms with Gasteiger partial charge in [0.2, 0.25) is 0 Å². The van der Waals surface area contributed by atoms with Crippen LogP contribution in [0.25, 0.3) is 0 Å². The van der Waals surface area contributed by atoms with Gasteiger partial charge in [0.05, 0.1) is 11.9 Å². The Labute approximate surface area is 82.0 Å². The summed E-state index contributed by atoms with van der Waals surface area (Å²) in [6.45, 7) is 4.02. The summed E-state index contributed by atoms with van der Waals surface area (Å²) in [5.41, 5.74) is 6.07. The molecule has 0 bridgehead atoms. The second-order valence-electron chi connectivity index (χ2n) is 3.49. The average Bonchev–Trinajstić information content (AvgIpc) is 2.07. The van der Waals surface area contributed by atoms with E-state index >= 15 is 0 Å². The maximum absolute atomic E-state index is 10.6. The van der Waals surface area contributed by atoms with Crippen molar-refractivity contribution in [1.29, 1.82) is 0 Å². The first-order chi connectivity index (χ1) is 6.50. The summed E-state index contributed by atoms with van der Waals surface area (Å²) in [5.74, 6) is -0.401. The predicted molar refractivity (Wildman–Crippen MR) is 51.9 cm³/mol. The van der Waals surface area contributed by atoms with Crippen LogP contribution in [0.1, 0.15) is 30.0 Å². The van der Waals surface area contributed by atoms with Gasteiger partial charge in [-0.3, -0.25) is 0 Å². The Morgan fingerprint density at radius 2 is 2.29 bits per heavy atom. The lowest BCUT2D eigenvalue weighted by Crippen LogP contribution is -2.10. The number of nitrogen functional groups attached to an aromatic ring is 1. The van der Waals surface area contributed by atoms with Crippen molar-refractivity contribution in [2.45, 2.75) is 20.3 Å². The van der Waals surface area contributed by atoms with Crippen molar-refractivity contribution in [1.82, 2.24) is 9.97 Å². The molecule has 1 heterocycles. The molecule has 1 aromatic heterocycles. The van der Waals surface area contributed by atoms with Crippen LogP contribution in [0.5, 0.6) is 0 Å². The van der Waals surface area contributed by atoms with Crippen molar-refractivity contribution in [3.63, 3.8) is 0 Å². The normalized spacial score (nSPS) is 10.5. The summed E-state index contributed by atoms with van der Waals surface area (Å²) in [5, 5.41) is 8.69. The van der Waals surface area contributed by atoms with Crippen molar-refractivity contribution in [3.05, 3.63) is 17.6 Å². The highest BCUT2D eigenvalue weighted by atomic mass is 16.4. The molecule has 76 valence electrons. The lowest BCUT2D eigenvalue weighted by molar-refractivity contribution is 0.0689. The number of nitrogens with zero attached hydrogens (tertiary/aromatic N) is 2. The Hall–Kier alpha value is -1.65. The number of carboxylic acids is 1. The summed E-state index contributed by atoms with van der Waals surface area (Å²) in [4.78, 5) is 18.3. The number of hydrogen-bond donors (Lipinski definition) is 2.